The van der Waals surface area contributed by atoms with Gasteiger partial charge in [-0.25, -0.2) is 18.6 Å². The predicted molar refractivity (Wildman–Crippen MR) is 77.5 cm³/mol. The molecule has 1 aliphatic heterocycles. The third-order valence-electron chi connectivity index (χ3n) is 3.39. The van der Waals surface area contributed by atoms with Crippen LogP contribution < -0.4 is 4.90 Å². The lowest BCUT2D eigenvalue weighted by Crippen LogP contribution is -2.28. The van der Waals surface area contributed by atoms with E-state index in [1.54, 1.807) is 26.0 Å². The van der Waals surface area contributed by atoms with Crippen LogP contribution in [0.15, 0.2) is 36.5 Å². The molecule has 3 rings (SSSR count). The summed E-state index contributed by atoms with van der Waals surface area (Å²) in [6, 6.07) is 6.42. The molecular formula is C16H14F2N2O2. The van der Waals surface area contributed by atoms with E-state index in [0.717, 1.165) is 18.2 Å². The van der Waals surface area contributed by atoms with Crippen molar-refractivity contribution in [3.8, 4) is 11.1 Å². The molecule has 0 radical (unpaired) electrons. The molecule has 0 unspecified atom stereocenters. The van der Waals surface area contributed by atoms with E-state index in [1.165, 1.54) is 11.1 Å². The molecule has 0 aliphatic carbocycles. The number of pyridine rings is 1. The number of halogens is 2. The smallest absolute Gasteiger partial charge is 0.416 e. The van der Waals surface area contributed by atoms with Crippen LogP contribution in [0.5, 0.6) is 0 Å². The van der Waals surface area contributed by atoms with Gasteiger partial charge in [-0.15, -0.1) is 0 Å². The number of carbonyl (C=O) groups excluding carboxylic acids is 1. The van der Waals surface area contributed by atoms with Crippen molar-refractivity contribution in [1.82, 2.24) is 4.98 Å². The van der Waals surface area contributed by atoms with Gasteiger partial charge in [0.15, 0.2) is 0 Å². The maximum absolute atomic E-state index is 13.7. The maximum atomic E-state index is 13.7. The number of carbonyl (C=O) groups is 1. The molecule has 1 aromatic heterocycles. The fraction of sp³-hybridized carbons (Fsp3) is 0.250. The first-order valence-electron chi connectivity index (χ1n) is 6.78. The van der Waals surface area contributed by atoms with Crippen molar-refractivity contribution in [3.63, 3.8) is 0 Å². The highest BCUT2D eigenvalue weighted by Crippen LogP contribution is 2.28. The topological polar surface area (TPSA) is 42.4 Å². The monoisotopic (exact) mass is 304 g/mol. The average Bonchev–Trinajstić information content (AvgIpc) is 2.75. The normalized spacial score (nSPS) is 16.7. The fourth-order valence-electron chi connectivity index (χ4n) is 2.37. The number of hydrogen-bond acceptors (Lipinski definition) is 3. The first-order valence-corrected chi connectivity index (χ1v) is 6.78. The van der Waals surface area contributed by atoms with Gasteiger partial charge in [0.1, 0.15) is 23.1 Å². The highest BCUT2D eigenvalue weighted by Gasteiger charge is 2.38. The van der Waals surface area contributed by atoms with Gasteiger partial charge in [-0.05, 0) is 44.2 Å². The molecule has 6 heteroatoms. The van der Waals surface area contributed by atoms with Gasteiger partial charge in [0.05, 0.1) is 6.54 Å². The van der Waals surface area contributed by atoms with E-state index in [1.807, 2.05) is 0 Å². The zero-order chi connectivity index (χ0) is 15.9. The summed E-state index contributed by atoms with van der Waals surface area (Å²) in [6.07, 6.45) is 0.938. The van der Waals surface area contributed by atoms with Crippen molar-refractivity contribution in [3.05, 3.63) is 48.2 Å². The summed E-state index contributed by atoms with van der Waals surface area (Å²) in [6.45, 7) is 4.00. The Balaban J connectivity index is 1.90. The van der Waals surface area contributed by atoms with Crippen molar-refractivity contribution in [2.45, 2.75) is 19.4 Å². The average molecular weight is 304 g/mol. The van der Waals surface area contributed by atoms with Crippen LogP contribution in [0.2, 0.25) is 0 Å². The first kappa shape index (κ1) is 14.4. The largest absolute Gasteiger partial charge is 0.441 e. The second kappa shape index (κ2) is 5.05. The molecule has 0 bridgehead atoms. The van der Waals surface area contributed by atoms with Crippen LogP contribution in [-0.2, 0) is 4.74 Å². The van der Waals surface area contributed by atoms with Gasteiger partial charge in [-0.2, -0.15) is 0 Å². The van der Waals surface area contributed by atoms with Crippen molar-refractivity contribution in [2.24, 2.45) is 0 Å². The molecule has 0 N–H and O–H groups in total. The van der Waals surface area contributed by atoms with E-state index in [9.17, 15) is 13.6 Å². The summed E-state index contributed by atoms with van der Waals surface area (Å²) in [5, 5.41) is 0. The second-order valence-corrected chi connectivity index (χ2v) is 5.74. The van der Waals surface area contributed by atoms with Gasteiger partial charge in [0.25, 0.3) is 0 Å². The van der Waals surface area contributed by atoms with Crippen LogP contribution in [-0.4, -0.2) is 23.2 Å². The Kier molecular flexibility index (Phi) is 3.31. The SMILES string of the molecule is CC1(C)CN(c2ccc(-c3cc(F)ccc3F)cn2)C(=O)O1. The van der Waals surface area contributed by atoms with E-state index >= 15 is 0 Å². The molecule has 4 nitrogen and oxygen atoms in total. The molecule has 22 heavy (non-hydrogen) atoms. The Hall–Kier alpha value is -2.50. The van der Waals surface area contributed by atoms with E-state index in [2.05, 4.69) is 4.98 Å². The maximum Gasteiger partial charge on any atom is 0.416 e. The molecule has 2 heterocycles. The molecule has 1 aromatic carbocycles. The molecule has 114 valence electrons. The number of nitrogens with zero attached hydrogens (tertiary/aromatic N) is 2. The number of aromatic nitrogens is 1. The summed E-state index contributed by atoms with van der Waals surface area (Å²) in [7, 11) is 0. The highest BCUT2D eigenvalue weighted by atomic mass is 19.1. The number of amides is 1. The van der Waals surface area contributed by atoms with Crippen LogP contribution in [0.4, 0.5) is 19.4 Å². The molecule has 0 saturated carbocycles. The molecule has 0 spiro atoms. The van der Waals surface area contributed by atoms with Crippen LogP contribution in [0.3, 0.4) is 0 Å². The Labute approximate surface area is 126 Å². The van der Waals surface area contributed by atoms with Crippen LogP contribution in [0.1, 0.15) is 13.8 Å². The van der Waals surface area contributed by atoms with Gasteiger partial charge in [-0.3, -0.25) is 4.90 Å². The van der Waals surface area contributed by atoms with Crippen LogP contribution in [0.25, 0.3) is 11.1 Å². The van der Waals surface area contributed by atoms with E-state index in [4.69, 9.17) is 4.74 Å². The molecular weight excluding hydrogens is 290 g/mol. The van der Waals surface area contributed by atoms with Crippen molar-refractivity contribution in [1.29, 1.82) is 0 Å². The Bertz CT molecular complexity index is 729. The lowest BCUT2D eigenvalue weighted by Gasteiger charge is -2.15. The van der Waals surface area contributed by atoms with E-state index < -0.39 is 23.3 Å². The van der Waals surface area contributed by atoms with E-state index in [0.29, 0.717) is 17.9 Å². The molecule has 0 atom stereocenters. The fourth-order valence-corrected chi connectivity index (χ4v) is 2.37. The van der Waals surface area contributed by atoms with Gasteiger partial charge >= 0.3 is 6.09 Å². The standard InChI is InChI=1S/C16H14F2N2O2/c1-16(2)9-20(15(21)22-16)14-6-3-10(8-19-14)12-7-11(17)4-5-13(12)18/h3-8H,9H2,1-2H3. The molecule has 2 aromatic rings. The zero-order valence-corrected chi connectivity index (χ0v) is 12.1. The van der Waals surface area contributed by atoms with Crippen molar-refractivity contribution >= 4 is 11.9 Å². The van der Waals surface area contributed by atoms with Gasteiger partial charge < -0.3 is 4.74 Å². The van der Waals surface area contributed by atoms with Crippen molar-refractivity contribution in [2.75, 3.05) is 11.4 Å². The van der Waals surface area contributed by atoms with Gasteiger partial charge in [-0.1, -0.05) is 0 Å². The summed E-state index contributed by atoms with van der Waals surface area (Å²) >= 11 is 0. The summed E-state index contributed by atoms with van der Waals surface area (Å²) < 4.78 is 32.2. The van der Waals surface area contributed by atoms with Crippen LogP contribution >= 0.6 is 0 Å². The van der Waals surface area contributed by atoms with Crippen LogP contribution in [0, 0.1) is 11.6 Å². The zero-order valence-electron chi connectivity index (χ0n) is 12.1. The predicted octanol–water partition coefficient (Wildman–Crippen LogP) is 3.76. The third-order valence-corrected chi connectivity index (χ3v) is 3.39. The molecule has 1 fully saturated rings. The van der Waals surface area contributed by atoms with Crippen molar-refractivity contribution < 1.29 is 18.3 Å². The summed E-state index contributed by atoms with van der Waals surface area (Å²) in [5.41, 5.74) is -0.0116. The van der Waals surface area contributed by atoms with Gasteiger partial charge in [0, 0.05) is 17.3 Å². The third kappa shape index (κ3) is 2.64. The molecule has 1 aliphatic rings. The Morgan fingerprint density at radius 1 is 1.23 bits per heavy atom. The minimum absolute atomic E-state index is 0.128. The Morgan fingerprint density at radius 2 is 2.00 bits per heavy atom. The minimum Gasteiger partial charge on any atom is -0.441 e. The first-order chi connectivity index (χ1) is 10.4. The lowest BCUT2D eigenvalue weighted by molar-refractivity contribution is 0.0871. The molecule has 1 amide bonds. The van der Waals surface area contributed by atoms with E-state index in [-0.39, 0.29) is 5.56 Å². The summed E-state index contributed by atoms with van der Waals surface area (Å²) in [5.74, 6) is -0.640. The van der Waals surface area contributed by atoms with Gasteiger partial charge in [0.2, 0.25) is 0 Å². The number of cyclic esters (lactones) is 1. The summed E-state index contributed by atoms with van der Waals surface area (Å²) in [4.78, 5) is 17.4. The second-order valence-electron chi connectivity index (χ2n) is 5.74. The number of ether oxygens (including phenoxy) is 1. The minimum atomic E-state index is -0.577. The quantitative estimate of drug-likeness (QED) is 0.848. The Morgan fingerprint density at radius 3 is 2.59 bits per heavy atom. The lowest BCUT2D eigenvalue weighted by atomic mass is 10.1. The number of anilines is 1. The highest BCUT2D eigenvalue weighted by molar-refractivity contribution is 5.89. The number of rotatable bonds is 2. The number of hydrogen-bond donors (Lipinski definition) is 0. The molecule has 1 saturated heterocycles. The number of benzene rings is 1.